The zero-order valence-electron chi connectivity index (χ0n) is 17.6. The molecule has 1 aliphatic heterocycles. The minimum Gasteiger partial charge on any atom is -0.609 e. The third-order valence-corrected chi connectivity index (χ3v) is 7.23. The molecule has 1 aromatic carbocycles. The highest BCUT2D eigenvalue weighted by Gasteiger charge is 2.46. The van der Waals surface area contributed by atoms with Crippen LogP contribution in [0.3, 0.4) is 0 Å². The summed E-state index contributed by atoms with van der Waals surface area (Å²) in [7, 11) is 0. The van der Waals surface area contributed by atoms with E-state index in [1.165, 1.54) is 6.42 Å². The van der Waals surface area contributed by atoms with Crippen LogP contribution in [0.2, 0.25) is 0 Å². The van der Waals surface area contributed by atoms with Crippen LogP contribution in [0, 0.1) is 6.92 Å². The van der Waals surface area contributed by atoms with Crippen molar-refractivity contribution in [1.29, 1.82) is 0 Å². The Kier molecular flexibility index (Phi) is 5.88. The lowest BCUT2D eigenvalue weighted by molar-refractivity contribution is -0.216. The smallest absolute Gasteiger partial charge is 0.322 e. The Bertz CT molecular complexity index is 1020. The molecule has 3 heterocycles. The fourth-order valence-electron chi connectivity index (χ4n) is 4.07. The highest BCUT2D eigenvalue weighted by atomic mass is 32.2. The van der Waals surface area contributed by atoms with Crippen molar-refractivity contribution in [2.45, 2.75) is 61.8 Å². The minimum atomic E-state index is -1.31. The second-order valence-electron chi connectivity index (χ2n) is 8.24. The maximum absolute atomic E-state index is 12.8. The van der Waals surface area contributed by atoms with Crippen LogP contribution in [-0.2, 0) is 26.4 Å². The molecule has 0 radical (unpaired) electrons. The largest absolute Gasteiger partial charge is 0.609 e. The van der Waals surface area contributed by atoms with Crippen LogP contribution >= 0.6 is 0 Å². The first-order valence-corrected chi connectivity index (χ1v) is 12.2. The molecule has 2 fully saturated rings. The SMILES string of the molecule is Cc1c(OCCCC2COC3(CCC3)O2)ccnc1C[S+]([O-])c1nc2ccccc2[nH]1. The number of fused-ring (bicyclic) bond motifs is 1. The number of pyridine rings is 1. The Morgan fingerprint density at radius 1 is 1.29 bits per heavy atom. The van der Waals surface area contributed by atoms with Gasteiger partial charge in [0.15, 0.2) is 11.5 Å². The molecular formula is C23H27N3O4S. The van der Waals surface area contributed by atoms with Gasteiger partial charge in [-0.1, -0.05) is 12.1 Å². The Morgan fingerprint density at radius 2 is 2.16 bits per heavy atom. The van der Waals surface area contributed by atoms with Gasteiger partial charge in [-0.25, -0.2) is 0 Å². The van der Waals surface area contributed by atoms with Crippen molar-refractivity contribution in [1.82, 2.24) is 15.0 Å². The van der Waals surface area contributed by atoms with E-state index in [1.807, 2.05) is 37.3 Å². The van der Waals surface area contributed by atoms with Gasteiger partial charge in [0.05, 0.1) is 36.0 Å². The Labute approximate surface area is 184 Å². The van der Waals surface area contributed by atoms with Crippen molar-refractivity contribution in [2.24, 2.45) is 0 Å². The fraction of sp³-hybridized carbons (Fsp3) is 0.478. The van der Waals surface area contributed by atoms with Crippen LogP contribution in [0.1, 0.15) is 43.4 Å². The van der Waals surface area contributed by atoms with Crippen LogP contribution in [0.5, 0.6) is 5.75 Å². The summed E-state index contributed by atoms with van der Waals surface area (Å²) in [5.41, 5.74) is 3.37. The summed E-state index contributed by atoms with van der Waals surface area (Å²) in [5.74, 6) is 0.807. The van der Waals surface area contributed by atoms with Crippen molar-refractivity contribution >= 4 is 22.2 Å². The number of para-hydroxylation sites is 2. The van der Waals surface area contributed by atoms with Gasteiger partial charge < -0.3 is 18.8 Å². The maximum Gasteiger partial charge on any atom is 0.322 e. The van der Waals surface area contributed by atoms with Crippen LogP contribution in [0.15, 0.2) is 41.7 Å². The molecular weight excluding hydrogens is 414 g/mol. The molecule has 1 spiro atoms. The summed E-state index contributed by atoms with van der Waals surface area (Å²) in [4.78, 5) is 12.0. The standard InChI is InChI=1S/C23H27N3O4S/c1-16-20(15-31(27)22-25-18-7-2-3-8-19(18)26-22)24-12-9-21(16)28-13-4-6-17-14-29-23(30-17)10-5-11-23/h2-3,7-9,12,17H,4-6,10-11,13-15H2,1H3,(H,25,26). The molecule has 8 heteroatoms. The lowest BCUT2D eigenvalue weighted by atomic mass is 9.91. The molecule has 1 saturated heterocycles. The number of hydrogen-bond acceptors (Lipinski definition) is 6. The van der Waals surface area contributed by atoms with Gasteiger partial charge in [0, 0.05) is 35.8 Å². The number of nitrogens with zero attached hydrogens (tertiary/aromatic N) is 2. The van der Waals surface area contributed by atoms with Gasteiger partial charge in [0.25, 0.3) is 0 Å². The second kappa shape index (κ2) is 8.78. The first kappa shape index (κ1) is 20.8. The molecule has 0 amide bonds. The van der Waals surface area contributed by atoms with Gasteiger partial charge in [-0.15, -0.1) is 0 Å². The third kappa shape index (κ3) is 4.43. The summed E-state index contributed by atoms with van der Waals surface area (Å²) < 4.78 is 30.7. The van der Waals surface area contributed by atoms with Crippen molar-refractivity contribution in [3.05, 3.63) is 47.8 Å². The predicted octanol–water partition coefficient (Wildman–Crippen LogP) is 4.03. The first-order valence-electron chi connectivity index (χ1n) is 10.8. The van der Waals surface area contributed by atoms with Crippen molar-refractivity contribution < 1.29 is 18.8 Å². The van der Waals surface area contributed by atoms with Gasteiger partial charge in [0.1, 0.15) is 5.75 Å². The molecule has 31 heavy (non-hydrogen) atoms. The van der Waals surface area contributed by atoms with E-state index >= 15 is 0 Å². The lowest BCUT2D eigenvalue weighted by Crippen LogP contribution is -2.38. The zero-order chi connectivity index (χ0) is 21.3. The molecule has 2 aromatic heterocycles. The van der Waals surface area contributed by atoms with Crippen LogP contribution < -0.4 is 4.74 Å². The van der Waals surface area contributed by atoms with Gasteiger partial charge >= 0.3 is 5.16 Å². The predicted molar refractivity (Wildman–Crippen MR) is 117 cm³/mol. The van der Waals surface area contributed by atoms with E-state index in [0.29, 0.717) is 18.4 Å². The molecule has 164 valence electrons. The summed E-state index contributed by atoms with van der Waals surface area (Å²) in [6, 6.07) is 9.53. The zero-order valence-corrected chi connectivity index (χ0v) is 18.5. The van der Waals surface area contributed by atoms with Crippen molar-refractivity contribution in [2.75, 3.05) is 13.2 Å². The van der Waals surface area contributed by atoms with Gasteiger partial charge in [0.2, 0.25) is 0 Å². The van der Waals surface area contributed by atoms with E-state index in [9.17, 15) is 4.55 Å². The maximum atomic E-state index is 12.8. The molecule has 2 atom stereocenters. The number of benzene rings is 1. The molecule has 7 nitrogen and oxygen atoms in total. The molecule has 1 aliphatic carbocycles. The van der Waals surface area contributed by atoms with E-state index in [1.54, 1.807) is 6.20 Å². The normalized spacial score (nSPS) is 20.8. The Hall–Kier alpha value is -2.13. The molecule has 0 bridgehead atoms. The summed E-state index contributed by atoms with van der Waals surface area (Å²) in [6.45, 7) is 3.25. The average Bonchev–Trinajstić information content (AvgIpc) is 3.38. The van der Waals surface area contributed by atoms with E-state index in [0.717, 1.165) is 53.7 Å². The molecule has 1 saturated carbocycles. The Balaban J connectivity index is 1.15. The molecule has 2 aliphatic rings. The first-order chi connectivity index (χ1) is 15.1. The quantitative estimate of drug-likeness (QED) is 0.419. The summed E-state index contributed by atoms with van der Waals surface area (Å²) in [6.07, 6.45) is 6.94. The number of rotatable bonds is 8. The van der Waals surface area contributed by atoms with Crippen LogP contribution in [-0.4, -0.2) is 44.6 Å². The van der Waals surface area contributed by atoms with Crippen molar-refractivity contribution in [3.8, 4) is 5.75 Å². The highest BCUT2D eigenvalue weighted by Crippen LogP contribution is 2.42. The summed E-state index contributed by atoms with van der Waals surface area (Å²) >= 11 is -1.31. The summed E-state index contributed by atoms with van der Waals surface area (Å²) in [5, 5.41) is 0.469. The molecule has 5 rings (SSSR count). The highest BCUT2D eigenvalue weighted by molar-refractivity contribution is 7.90. The van der Waals surface area contributed by atoms with Gasteiger partial charge in [-0.3, -0.25) is 9.97 Å². The fourth-order valence-corrected chi connectivity index (χ4v) is 5.17. The van der Waals surface area contributed by atoms with E-state index in [4.69, 9.17) is 14.2 Å². The Morgan fingerprint density at radius 3 is 2.94 bits per heavy atom. The monoisotopic (exact) mass is 441 g/mol. The van der Waals surface area contributed by atoms with Gasteiger partial charge in [-0.05, 0) is 44.4 Å². The average molecular weight is 442 g/mol. The minimum absolute atomic E-state index is 0.171. The van der Waals surface area contributed by atoms with E-state index in [-0.39, 0.29) is 17.6 Å². The van der Waals surface area contributed by atoms with E-state index < -0.39 is 11.2 Å². The number of hydrogen-bond donors (Lipinski definition) is 1. The third-order valence-electron chi connectivity index (χ3n) is 6.07. The lowest BCUT2D eigenvalue weighted by Gasteiger charge is -2.36. The van der Waals surface area contributed by atoms with Crippen LogP contribution in [0.25, 0.3) is 11.0 Å². The number of ether oxygens (including phenoxy) is 3. The second-order valence-corrected chi connectivity index (χ2v) is 9.60. The topological polar surface area (TPSA) is 92.3 Å². The number of H-pyrrole nitrogens is 1. The number of aromatic nitrogens is 3. The van der Waals surface area contributed by atoms with E-state index in [2.05, 4.69) is 15.0 Å². The number of nitrogens with one attached hydrogen (secondary N) is 1. The van der Waals surface area contributed by atoms with Gasteiger partial charge in [-0.2, -0.15) is 4.98 Å². The van der Waals surface area contributed by atoms with Crippen molar-refractivity contribution in [3.63, 3.8) is 0 Å². The number of imidazole rings is 1. The number of aromatic amines is 1. The molecule has 2 unspecified atom stereocenters. The molecule has 1 N–H and O–H groups in total. The molecule has 3 aromatic rings. The van der Waals surface area contributed by atoms with Crippen LogP contribution in [0.4, 0.5) is 0 Å².